The molecule has 0 aromatic carbocycles. The van der Waals surface area contributed by atoms with Gasteiger partial charge in [-0.15, -0.1) is 0 Å². The van der Waals surface area contributed by atoms with Crippen LogP contribution in [-0.2, 0) is 18.9 Å². The van der Waals surface area contributed by atoms with Gasteiger partial charge in [-0.25, -0.2) is 9.98 Å². The van der Waals surface area contributed by atoms with Crippen LogP contribution in [0.5, 0.6) is 0 Å². The largest absolute Gasteiger partial charge is 0.483 e. The highest BCUT2D eigenvalue weighted by molar-refractivity contribution is 5.97. The molecule has 1 unspecified atom stereocenters. The third-order valence-corrected chi connectivity index (χ3v) is 4.36. The van der Waals surface area contributed by atoms with E-state index in [9.17, 15) is 0 Å². The van der Waals surface area contributed by atoms with Gasteiger partial charge in [-0.1, -0.05) is 13.8 Å². The maximum atomic E-state index is 5.56. The monoisotopic (exact) mass is 298 g/mol. The summed E-state index contributed by atoms with van der Waals surface area (Å²) in [5.41, 5.74) is -0.535. The Morgan fingerprint density at radius 3 is 1.95 bits per heavy atom. The van der Waals surface area contributed by atoms with Gasteiger partial charge in [-0.05, 0) is 5.92 Å². The SMILES string of the molecule is COC1=NC2(C[C@H](OC)[C@H](OC)C2)C(OC)=N[C@@H]1C(C)C. The summed E-state index contributed by atoms with van der Waals surface area (Å²) >= 11 is 0. The molecule has 0 N–H and O–H groups in total. The normalized spacial score (nSPS) is 35.9. The highest BCUT2D eigenvalue weighted by Gasteiger charge is 2.53. The molecule has 120 valence electrons. The van der Waals surface area contributed by atoms with Crippen molar-refractivity contribution in [1.82, 2.24) is 0 Å². The molecule has 6 nitrogen and oxygen atoms in total. The lowest BCUT2D eigenvalue weighted by Crippen LogP contribution is -2.45. The van der Waals surface area contributed by atoms with E-state index in [1.165, 1.54) is 0 Å². The molecule has 0 radical (unpaired) electrons. The maximum absolute atomic E-state index is 5.56. The van der Waals surface area contributed by atoms with Crippen LogP contribution in [0.2, 0.25) is 0 Å². The lowest BCUT2D eigenvalue weighted by Gasteiger charge is -2.33. The third kappa shape index (κ3) is 2.79. The van der Waals surface area contributed by atoms with Crippen LogP contribution >= 0.6 is 0 Å². The van der Waals surface area contributed by atoms with Crippen molar-refractivity contribution in [3.8, 4) is 0 Å². The highest BCUT2D eigenvalue weighted by atomic mass is 16.5. The predicted molar refractivity (Wildman–Crippen MR) is 81.1 cm³/mol. The number of aliphatic imine (C=N–C) groups is 2. The molecule has 1 aliphatic carbocycles. The van der Waals surface area contributed by atoms with Gasteiger partial charge in [0.1, 0.15) is 11.6 Å². The number of nitrogens with zero attached hydrogens (tertiary/aromatic N) is 2. The minimum absolute atomic E-state index is 0.0205. The van der Waals surface area contributed by atoms with Crippen LogP contribution in [0.15, 0.2) is 9.98 Å². The van der Waals surface area contributed by atoms with E-state index in [-0.39, 0.29) is 18.2 Å². The number of methoxy groups -OCH3 is 4. The van der Waals surface area contributed by atoms with Gasteiger partial charge in [0.05, 0.1) is 26.4 Å². The van der Waals surface area contributed by atoms with Crippen LogP contribution in [-0.4, -0.2) is 64.0 Å². The first-order valence-corrected chi connectivity index (χ1v) is 7.33. The molecule has 1 fully saturated rings. The van der Waals surface area contributed by atoms with Crippen molar-refractivity contribution in [2.24, 2.45) is 15.9 Å². The zero-order valence-corrected chi connectivity index (χ0v) is 13.8. The van der Waals surface area contributed by atoms with Gasteiger partial charge >= 0.3 is 0 Å². The smallest absolute Gasteiger partial charge is 0.212 e. The van der Waals surface area contributed by atoms with Gasteiger partial charge in [0.2, 0.25) is 11.8 Å². The highest BCUT2D eigenvalue weighted by Crippen LogP contribution is 2.41. The fourth-order valence-corrected chi connectivity index (χ4v) is 3.22. The molecule has 1 saturated carbocycles. The number of hydrogen-bond acceptors (Lipinski definition) is 6. The van der Waals surface area contributed by atoms with Crippen molar-refractivity contribution in [3.05, 3.63) is 0 Å². The number of rotatable bonds is 3. The molecule has 0 amide bonds. The van der Waals surface area contributed by atoms with Gasteiger partial charge in [0.15, 0.2) is 0 Å². The summed E-state index contributed by atoms with van der Waals surface area (Å²) in [7, 11) is 6.68. The Morgan fingerprint density at radius 1 is 1.00 bits per heavy atom. The molecular formula is C15H26N2O4. The van der Waals surface area contributed by atoms with E-state index in [2.05, 4.69) is 13.8 Å². The Bertz CT molecular complexity index is 421. The zero-order chi connectivity index (χ0) is 15.6. The molecule has 0 saturated heterocycles. The molecule has 1 heterocycles. The van der Waals surface area contributed by atoms with Gasteiger partial charge in [-0.3, -0.25) is 0 Å². The van der Waals surface area contributed by atoms with E-state index in [0.29, 0.717) is 30.6 Å². The Labute approximate surface area is 126 Å². The van der Waals surface area contributed by atoms with E-state index >= 15 is 0 Å². The second-order valence-corrected chi connectivity index (χ2v) is 5.97. The number of ether oxygens (including phenoxy) is 4. The van der Waals surface area contributed by atoms with Crippen molar-refractivity contribution < 1.29 is 18.9 Å². The first kappa shape index (κ1) is 16.2. The molecule has 0 aromatic heterocycles. The lowest BCUT2D eigenvalue weighted by atomic mass is 9.93. The summed E-state index contributed by atoms with van der Waals surface area (Å²) in [4.78, 5) is 9.61. The average Bonchev–Trinajstić information content (AvgIpc) is 2.85. The molecule has 21 heavy (non-hydrogen) atoms. The fourth-order valence-electron chi connectivity index (χ4n) is 3.22. The van der Waals surface area contributed by atoms with Crippen molar-refractivity contribution >= 4 is 11.8 Å². The maximum Gasteiger partial charge on any atom is 0.212 e. The van der Waals surface area contributed by atoms with Gasteiger partial charge in [0.25, 0.3) is 0 Å². The van der Waals surface area contributed by atoms with Crippen LogP contribution in [0.25, 0.3) is 0 Å². The van der Waals surface area contributed by atoms with E-state index < -0.39 is 5.54 Å². The Hall–Kier alpha value is -1.14. The Balaban J connectivity index is 2.38. The van der Waals surface area contributed by atoms with Crippen LogP contribution in [0.3, 0.4) is 0 Å². The van der Waals surface area contributed by atoms with E-state index in [4.69, 9.17) is 28.9 Å². The molecular weight excluding hydrogens is 272 g/mol. The van der Waals surface area contributed by atoms with Gasteiger partial charge in [-0.2, -0.15) is 0 Å². The summed E-state index contributed by atoms with van der Waals surface area (Å²) in [6.07, 6.45) is 1.33. The quantitative estimate of drug-likeness (QED) is 0.795. The second-order valence-electron chi connectivity index (χ2n) is 5.97. The summed E-state index contributed by atoms with van der Waals surface area (Å²) < 4.78 is 22.1. The van der Waals surface area contributed by atoms with Crippen LogP contribution in [0, 0.1) is 5.92 Å². The molecule has 1 spiro atoms. The van der Waals surface area contributed by atoms with E-state index in [1.807, 2.05) is 0 Å². The minimum Gasteiger partial charge on any atom is -0.483 e. The fraction of sp³-hybridized carbons (Fsp3) is 0.867. The minimum atomic E-state index is -0.535. The molecule has 0 bridgehead atoms. The summed E-state index contributed by atoms with van der Waals surface area (Å²) in [5.74, 6) is 1.62. The van der Waals surface area contributed by atoms with Crippen molar-refractivity contribution in [2.75, 3.05) is 28.4 Å². The first-order valence-electron chi connectivity index (χ1n) is 7.33. The summed E-state index contributed by atoms with van der Waals surface area (Å²) in [6, 6.07) is -0.0989. The van der Waals surface area contributed by atoms with Crippen LogP contribution in [0.4, 0.5) is 0 Å². The van der Waals surface area contributed by atoms with Crippen LogP contribution < -0.4 is 0 Å². The first-order chi connectivity index (χ1) is 10.0. The average molecular weight is 298 g/mol. The summed E-state index contributed by atoms with van der Waals surface area (Å²) in [6.45, 7) is 4.19. The summed E-state index contributed by atoms with van der Waals surface area (Å²) in [5, 5.41) is 0. The van der Waals surface area contributed by atoms with Crippen molar-refractivity contribution in [3.63, 3.8) is 0 Å². The molecule has 1 aliphatic heterocycles. The molecule has 2 rings (SSSR count). The van der Waals surface area contributed by atoms with E-state index in [1.54, 1.807) is 28.4 Å². The predicted octanol–water partition coefficient (Wildman–Crippen LogP) is 1.68. The topological polar surface area (TPSA) is 61.6 Å². The molecule has 4 atom stereocenters. The zero-order valence-electron chi connectivity index (χ0n) is 13.8. The molecule has 0 aromatic rings. The molecule has 2 aliphatic rings. The Morgan fingerprint density at radius 2 is 1.57 bits per heavy atom. The van der Waals surface area contributed by atoms with Crippen LogP contribution in [0.1, 0.15) is 26.7 Å². The van der Waals surface area contributed by atoms with Crippen molar-refractivity contribution in [2.45, 2.75) is 50.5 Å². The van der Waals surface area contributed by atoms with Gasteiger partial charge < -0.3 is 18.9 Å². The van der Waals surface area contributed by atoms with Crippen molar-refractivity contribution in [1.29, 1.82) is 0 Å². The second kappa shape index (κ2) is 6.32. The molecule has 6 heteroatoms. The standard InChI is InChI=1S/C15H26N2O4/c1-9(2)12-13(20-5)17-15(14(16-12)21-6)7-10(18-3)11(8-15)19-4/h9-12H,7-8H2,1-6H3/t10-,11+,12-,15?/m1/s1. The third-order valence-electron chi connectivity index (χ3n) is 4.36. The van der Waals surface area contributed by atoms with Gasteiger partial charge in [0, 0.05) is 27.1 Å². The Kier molecular flexibility index (Phi) is 4.88. The number of hydrogen-bond donors (Lipinski definition) is 0. The van der Waals surface area contributed by atoms with E-state index in [0.717, 1.165) is 0 Å². The lowest BCUT2D eigenvalue weighted by molar-refractivity contribution is -0.0157.